The first-order valence-electron chi connectivity index (χ1n) is 10.7. The maximum atomic E-state index is 12.8. The zero-order valence-electron chi connectivity index (χ0n) is 18.8. The van der Waals surface area contributed by atoms with Gasteiger partial charge >= 0.3 is 11.9 Å². The SMILES string of the molecule is CCC(=O)c1cccc(OC(=O)CCC(=O)Oc2cccc(C(=O)c3ccccc3)c2C)c1Cl. The minimum atomic E-state index is -0.690. The molecule has 0 spiro atoms. The summed E-state index contributed by atoms with van der Waals surface area (Å²) in [6.07, 6.45) is -0.219. The van der Waals surface area contributed by atoms with Crippen molar-refractivity contribution in [3.05, 3.63) is 94.0 Å². The van der Waals surface area contributed by atoms with Crippen molar-refractivity contribution in [1.29, 1.82) is 0 Å². The molecule has 3 aromatic carbocycles. The van der Waals surface area contributed by atoms with Gasteiger partial charge in [0.25, 0.3) is 0 Å². The van der Waals surface area contributed by atoms with Crippen molar-refractivity contribution in [3.8, 4) is 11.5 Å². The third-order valence-corrected chi connectivity index (χ3v) is 5.52. The number of carbonyl (C=O) groups is 4. The topological polar surface area (TPSA) is 86.7 Å². The zero-order chi connectivity index (χ0) is 24.7. The summed E-state index contributed by atoms with van der Waals surface area (Å²) in [6.45, 7) is 3.40. The van der Waals surface area contributed by atoms with Gasteiger partial charge in [0, 0.05) is 28.7 Å². The predicted octanol–water partition coefficient (Wildman–Crippen LogP) is 5.76. The van der Waals surface area contributed by atoms with Crippen LogP contribution in [0, 0.1) is 6.92 Å². The normalized spacial score (nSPS) is 10.4. The Labute approximate surface area is 202 Å². The van der Waals surface area contributed by atoms with E-state index in [1.807, 2.05) is 6.07 Å². The van der Waals surface area contributed by atoms with Gasteiger partial charge in [-0.2, -0.15) is 0 Å². The highest BCUT2D eigenvalue weighted by Crippen LogP contribution is 2.29. The van der Waals surface area contributed by atoms with Crippen molar-refractivity contribution in [2.75, 3.05) is 0 Å². The Morgan fingerprint density at radius 1 is 0.735 bits per heavy atom. The standard InChI is InChI=1S/C27H23ClO6/c1-3-21(29)20-12-8-14-23(26(20)28)34-25(31)16-15-24(30)33-22-13-7-11-19(17(22)2)27(32)18-9-5-4-6-10-18/h4-14H,3,15-16H2,1-2H3. The van der Waals surface area contributed by atoms with Crippen LogP contribution in [0.15, 0.2) is 66.7 Å². The van der Waals surface area contributed by atoms with Crippen LogP contribution in [0.2, 0.25) is 5.02 Å². The number of ketones is 2. The van der Waals surface area contributed by atoms with Gasteiger partial charge in [-0.05, 0) is 25.1 Å². The molecule has 0 N–H and O–H groups in total. The summed E-state index contributed by atoms with van der Waals surface area (Å²) in [7, 11) is 0. The number of benzene rings is 3. The lowest BCUT2D eigenvalue weighted by molar-refractivity contribution is -0.140. The molecule has 3 rings (SSSR count). The first-order valence-corrected chi connectivity index (χ1v) is 11.1. The fourth-order valence-electron chi connectivity index (χ4n) is 3.26. The van der Waals surface area contributed by atoms with Crippen LogP contribution >= 0.6 is 11.6 Å². The van der Waals surface area contributed by atoms with E-state index in [9.17, 15) is 19.2 Å². The Morgan fingerprint density at radius 2 is 1.29 bits per heavy atom. The molecule has 174 valence electrons. The second kappa shape index (κ2) is 11.4. The zero-order valence-corrected chi connectivity index (χ0v) is 19.6. The van der Waals surface area contributed by atoms with Gasteiger partial charge in [-0.25, -0.2) is 0 Å². The maximum Gasteiger partial charge on any atom is 0.311 e. The van der Waals surface area contributed by atoms with E-state index in [1.54, 1.807) is 68.4 Å². The molecule has 6 nitrogen and oxygen atoms in total. The number of ether oxygens (including phenoxy) is 2. The lowest BCUT2D eigenvalue weighted by atomic mass is 9.98. The molecule has 0 radical (unpaired) electrons. The van der Waals surface area contributed by atoms with Crippen LogP contribution in [0.25, 0.3) is 0 Å². The molecule has 0 atom stereocenters. The van der Waals surface area contributed by atoms with Gasteiger partial charge in [0.05, 0.1) is 17.9 Å². The van der Waals surface area contributed by atoms with Gasteiger partial charge in [-0.15, -0.1) is 0 Å². The predicted molar refractivity (Wildman–Crippen MR) is 128 cm³/mol. The number of esters is 2. The van der Waals surface area contributed by atoms with Gasteiger partial charge in [-0.1, -0.05) is 67.1 Å². The van der Waals surface area contributed by atoms with E-state index in [-0.39, 0.29) is 52.9 Å². The molecule has 7 heteroatoms. The molecule has 0 fully saturated rings. The van der Waals surface area contributed by atoms with Crippen LogP contribution < -0.4 is 9.47 Å². The summed E-state index contributed by atoms with van der Waals surface area (Å²) < 4.78 is 10.6. The van der Waals surface area contributed by atoms with E-state index in [0.717, 1.165) is 0 Å². The highest BCUT2D eigenvalue weighted by atomic mass is 35.5. The van der Waals surface area contributed by atoms with Crippen LogP contribution in [0.1, 0.15) is 58.0 Å². The van der Waals surface area contributed by atoms with Crippen molar-refractivity contribution in [3.63, 3.8) is 0 Å². The number of carbonyl (C=O) groups excluding carboxylic acids is 4. The van der Waals surface area contributed by atoms with Crippen molar-refractivity contribution in [2.45, 2.75) is 33.1 Å². The van der Waals surface area contributed by atoms with E-state index in [4.69, 9.17) is 21.1 Å². The summed E-state index contributed by atoms with van der Waals surface area (Å²) in [6, 6.07) is 18.3. The molecule has 0 aromatic heterocycles. The van der Waals surface area contributed by atoms with E-state index >= 15 is 0 Å². The van der Waals surface area contributed by atoms with Gasteiger partial charge < -0.3 is 9.47 Å². The molecule has 0 aliphatic rings. The van der Waals surface area contributed by atoms with E-state index in [0.29, 0.717) is 16.7 Å². The Kier molecular flexibility index (Phi) is 8.33. The monoisotopic (exact) mass is 478 g/mol. The second-order valence-electron chi connectivity index (χ2n) is 7.47. The average molecular weight is 479 g/mol. The van der Waals surface area contributed by atoms with E-state index in [1.165, 1.54) is 6.07 Å². The molecule has 0 aliphatic carbocycles. The molecule has 0 bridgehead atoms. The fourth-order valence-corrected chi connectivity index (χ4v) is 3.53. The van der Waals surface area contributed by atoms with E-state index < -0.39 is 11.9 Å². The molecule has 0 saturated heterocycles. The minimum absolute atomic E-state index is 0.0563. The number of Topliss-reactive ketones (excluding diaryl/α,β-unsaturated/α-hetero) is 1. The Hall–Kier alpha value is -3.77. The Balaban J connectivity index is 1.61. The third-order valence-electron chi connectivity index (χ3n) is 5.13. The van der Waals surface area contributed by atoms with Crippen LogP contribution in [0.5, 0.6) is 11.5 Å². The molecule has 0 saturated carbocycles. The maximum absolute atomic E-state index is 12.8. The molecular formula is C27H23ClO6. The number of hydrogen-bond donors (Lipinski definition) is 0. The van der Waals surface area contributed by atoms with Crippen LogP contribution in [-0.4, -0.2) is 23.5 Å². The summed E-state index contributed by atoms with van der Waals surface area (Å²) in [4.78, 5) is 49.3. The van der Waals surface area contributed by atoms with Crippen LogP contribution in [-0.2, 0) is 9.59 Å². The number of halogens is 1. The van der Waals surface area contributed by atoms with Crippen molar-refractivity contribution in [2.24, 2.45) is 0 Å². The van der Waals surface area contributed by atoms with Gasteiger partial charge in [0.2, 0.25) is 0 Å². The van der Waals surface area contributed by atoms with Crippen molar-refractivity contribution >= 4 is 35.1 Å². The highest BCUT2D eigenvalue weighted by Gasteiger charge is 2.18. The summed E-state index contributed by atoms with van der Waals surface area (Å²) in [5, 5.41) is 0.0563. The van der Waals surface area contributed by atoms with Crippen molar-refractivity contribution in [1.82, 2.24) is 0 Å². The average Bonchev–Trinajstić information content (AvgIpc) is 2.85. The number of rotatable bonds is 9. The van der Waals surface area contributed by atoms with E-state index in [2.05, 4.69) is 0 Å². The van der Waals surface area contributed by atoms with Crippen LogP contribution in [0.3, 0.4) is 0 Å². The molecule has 34 heavy (non-hydrogen) atoms. The summed E-state index contributed by atoms with van der Waals surface area (Å²) >= 11 is 6.18. The fraction of sp³-hybridized carbons (Fsp3) is 0.185. The molecule has 0 amide bonds. The lowest BCUT2D eigenvalue weighted by Gasteiger charge is -2.11. The van der Waals surface area contributed by atoms with Crippen molar-refractivity contribution < 1.29 is 28.7 Å². The van der Waals surface area contributed by atoms with Gasteiger partial charge in [0.1, 0.15) is 11.5 Å². The smallest absolute Gasteiger partial charge is 0.311 e. The number of hydrogen-bond acceptors (Lipinski definition) is 6. The second-order valence-corrected chi connectivity index (χ2v) is 7.84. The first kappa shape index (κ1) is 24.9. The molecule has 0 heterocycles. The van der Waals surface area contributed by atoms with Gasteiger partial charge in [0.15, 0.2) is 11.6 Å². The Morgan fingerprint density at radius 3 is 1.91 bits per heavy atom. The Bertz CT molecular complexity index is 1230. The largest absolute Gasteiger partial charge is 0.426 e. The molecular weight excluding hydrogens is 456 g/mol. The molecule has 3 aromatic rings. The van der Waals surface area contributed by atoms with Crippen LogP contribution in [0.4, 0.5) is 0 Å². The lowest BCUT2D eigenvalue weighted by Crippen LogP contribution is -2.15. The molecule has 0 aliphatic heterocycles. The third kappa shape index (κ3) is 5.97. The quantitative estimate of drug-likeness (QED) is 0.220. The van der Waals surface area contributed by atoms with Gasteiger partial charge in [-0.3, -0.25) is 19.2 Å². The highest BCUT2D eigenvalue weighted by molar-refractivity contribution is 6.35. The molecule has 0 unspecified atom stereocenters. The minimum Gasteiger partial charge on any atom is -0.426 e. The first-order chi connectivity index (χ1) is 16.3. The summed E-state index contributed by atoms with van der Waals surface area (Å²) in [5.74, 6) is -1.39. The summed E-state index contributed by atoms with van der Waals surface area (Å²) in [5.41, 5.74) is 1.75.